The van der Waals surface area contributed by atoms with Crippen LogP contribution in [0.4, 0.5) is 0 Å². The molecule has 0 saturated carbocycles. The standard InChI is InChI=1S/C41H76O5/c1-3-5-7-9-11-13-15-17-19-20-22-24-26-28-30-32-34-36-41(44)46-39(37-42)38-45-40(43)35-33-31-29-27-25-23-21-18-16-14-12-10-8-6-4-2/h11,13,17,19,39,42H,3-10,12,14-16,18,20-38H2,1-2H3/b13-11-,19-17-. The smallest absolute Gasteiger partial charge is 0.306 e. The van der Waals surface area contributed by atoms with E-state index in [1.54, 1.807) is 0 Å². The van der Waals surface area contributed by atoms with E-state index < -0.39 is 6.10 Å². The highest BCUT2D eigenvalue weighted by Gasteiger charge is 2.16. The maximum atomic E-state index is 12.2. The predicted octanol–water partition coefficient (Wildman–Crippen LogP) is 12.3. The Labute approximate surface area is 285 Å². The molecule has 0 amide bonds. The maximum Gasteiger partial charge on any atom is 0.306 e. The van der Waals surface area contributed by atoms with Crippen LogP contribution in [-0.2, 0) is 19.1 Å². The van der Waals surface area contributed by atoms with Gasteiger partial charge in [-0.25, -0.2) is 0 Å². The van der Waals surface area contributed by atoms with E-state index >= 15 is 0 Å². The average Bonchev–Trinajstić information content (AvgIpc) is 3.06. The summed E-state index contributed by atoms with van der Waals surface area (Å²) in [7, 11) is 0. The number of aliphatic hydroxyl groups is 1. The number of esters is 2. The summed E-state index contributed by atoms with van der Waals surface area (Å²) in [6.45, 7) is 4.12. The molecule has 5 nitrogen and oxygen atoms in total. The van der Waals surface area contributed by atoms with E-state index in [4.69, 9.17) is 9.47 Å². The highest BCUT2D eigenvalue weighted by atomic mass is 16.6. The number of hydrogen-bond donors (Lipinski definition) is 1. The number of hydrogen-bond acceptors (Lipinski definition) is 5. The molecule has 0 heterocycles. The largest absolute Gasteiger partial charge is 0.462 e. The third kappa shape index (κ3) is 35.2. The lowest BCUT2D eigenvalue weighted by Crippen LogP contribution is -2.28. The van der Waals surface area contributed by atoms with E-state index in [0.29, 0.717) is 12.8 Å². The summed E-state index contributed by atoms with van der Waals surface area (Å²) in [5, 5.41) is 9.55. The van der Waals surface area contributed by atoms with Crippen LogP contribution in [0.5, 0.6) is 0 Å². The molecule has 1 N–H and O–H groups in total. The normalized spacial score (nSPS) is 12.3. The van der Waals surface area contributed by atoms with Gasteiger partial charge in [-0.05, 0) is 44.9 Å². The topological polar surface area (TPSA) is 72.8 Å². The van der Waals surface area contributed by atoms with Gasteiger partial charge >= 0.3 is 11.9 Å². The van der Waals surface area contributed by atoms with Gasteiger partial charge in [0.1, 0.15) is 6.61 Å². The molecule has 0 aromatic heterocycles. The lowest BCUT2D eigenvalue weighted by molar-refractivity contribution is -0.161. The van der Waals surface area contributed by atoms with Gasteiger partial charge in [-0.15, -0.1) is 0 Å². The summed E-state index contributed by atoms with van der Waals surface area (Å²) in [5.41, 5.74) is 0. The molecule has 0 aromatic carbocycles. The van der Waals surface area contributed by atoms with Gasteiger partial charge in [0.15, 0.2) is 6.10 Å². The minimum absolute atomic E-state index is 0.0647. The fourth-order valence-corrected chi connectivity index (χ4v) is 5.70. The zero-order valence-electron chi connectivity index (χ0n) is 30.6. The van der Waals surface area contributed by atoms with Gasteiger partial charge in [-0.1, -0.05) is 173 Å². The first-order chi connectivity index (χ1) is 22.6. The van der Waals surface area contributed by atoms with E-state index in [9.17, 15) is 14.7 Å². The number of carbonyl (C=O) groups excluding carboxylic acids is 2. The first-order valence-electron chi connectivity index (χ1n) is 19.9. The highest BCUT2D eigenvalue weighted by molar-refractivity contribution is 5.70. The number of carbonyl (C=O) groups is 2. The summed E-state index contributed by atoms with van der Waals surface area (Å²) >= 11 is 0. The van der Waals surface area contributed by atoms with Gasteiger partial charge in [-0.2, -0.15) is 0 Å². The van der Waals surface area contributed by atoms with E-state index in [2.05, 4.69) is 38.2 Å². The number of rotatable bonds is 36. The number of allylic oxidation sites excluding steroid dienone is 4. The highest BCUT2D eigenvalue weighted by Crippen LogP contribution is 2.15. The molecule has 1 atom stereocenters. The van der Waals surface area contributed by atoms with Gasteiger partial charge in [0.25, 0.3) is 0 Å². The SMILES string of the molecule is CCCCC/C=C\C/C=C\CCCCCCCCCC(=O)OC(CO)COC(=O)CCCCCCCCCCCCCCCCC. The molecule has 0 fully saturated rings. The van der Waals surface area contributed by atoms with Crippen LogP contribution >= 0.6 is 0 Å². The maximum absolute atomic E-state index is 12.2. The second-order valence-corrected chi connectivity index (χ2v) is 13.4. The molecule has 270 valence electrons. The molecule has 0 aliphatic heterocycles. The summed E-state index contributed by atoms with van der Waals surface area (Å²) in [5.74, 6) is -0.592. The molecule has 0 aromatic rings. The summed E-state index contributed by atoms with van der Waals surface area (Å²) in [6.07, 6.45) is 43.7. The van der Waals surface area contributed by atoms with Crippen LogP contribution in [0, 0.1) is 0 Å². The molecule has 0 aliphatic carbocycles. The molecule has 0 aliphatic rings. The molecule has 0 saturated heterocycles. The Hall–Kier alpha value is -1.62. The molecule has 0 bridgehead atoms. The predicted molar refractivity (Wildman–Crippen MR) is 196 cm³/mol. The molecule has 0 radical (unpaired) electrons. The molecule has 0 spiro atoms. The fraction of sp³-hybridized carbons (Fsp3) is 0.854. The Morgan fingerprint density at radius 1 is 0.500 bits per heavy atom. The van der Waals surface area contributed by atoms with E-state index in [1.807, 2.05) is 0 Å². The van der Waals surface area contributed by atoms with Gasteiger partial charge in [0.2, 0.25) is 0 Å². The second kappa shape index (κ2) is 37.8. The summed E-state index contributed by atoms with van der Waals surface area (Å²) in [6, 6.07) is 0. The van der Waals surface area contributed by atoms with Crippen molar-refractivity contribution in [3.05, 3.63) is 24.3 Å². The zero-order valence-corrected chi connectivity index (χ0v) is 30.6. The Morgan fingerprint density at radius 3 is 1.33 bits per heavy atom. The second-order valence-electron chi connectivity index (χ2n) is 13.4. The number of aliphatic hydroxyl groups excluding tert-OH is 1. The van der Waals surface area contributed by atoms with Gasteiger partial charge in [-0.3, -0.25) is 9.59 Å². The van der Waals surface area contributed by atoms with Gasteiger partial charge in [0, 0.05) is 12.8 Å². The third-order valence-corrected chi connectivity index (χ3v) is 8.75. The van der Waals surface area contributed by atoms with Crippen molar-refractivity contribution in [2.24, 2.45) is 0 Å². The van der Waals surface area contributed by atoms with Gasteiger partial charge in [0.05, 0.1) is 6.61 Å². The summed E-state index contributed by atoms with van der Waals surface area (Å²) < 4.78 is 10.6. The number of unbranched alkanes of at least 4 members (excludes halogenated alkanes) is 24. The Kier molecular flexibility index (Phi) is 36.5. The molecule has 0 rings (SSSR count). The van der Waals surface area contributed by atoms with Crippen LogP contribution in [0.2, 0.25) is 0 Å². The quantitative estimate of drug-likeness (QED) is 0.0416. The molecular formula is C41H76O5. The van der Waals surface area contributed by atoms with Crippen LogP contribution < -0.4 is 0 Å². The van der Waals surface area contributed by atoms with Crippen molar-refractivity contribution in [2.75, 3.05) is 13.2 Å². The minimum atomic E-state index is -0.770. The van der Waals surface area contributed by atoms with Crippen LogP contribution in [0.25, 0.3) is 0 Å². The van der Waals surface area contributed by atoms with Crippen molar-refractivity contribution < 1.29 is 24.2 Å². The first-order valence-corrected chi connectivity index (χ1v) is 19.9. The van der Waals surface area contributed by atoms with Crippen LogP contribution in [0.15, 0.2) is 24.3 Å². The monoisotopic (exact) mass is 649 g/mol. The van der Waals surface area contributed by atoms with Crippen LogP contribution in [-0.4, -0.2) is 36.4 Å². The van der Waals surface area contributed by atoms with Crippen LogP contribution in [0.3, 0.4) is 0 Å². The lowest BCUT2D eigenvalue weighted by Gasteiger charge is -2.15. The molecule has 5 heteroatoms. The van der Waals surface area contributed by atoms with Crippen LogP contribution in [0.1, 0.15) is 206 Å². The first kappa shape index (κ1) is 44.4. The Balaban J connectivity index is 3.54. The summed E-state index contributed by atoms with van der Waals surface area (Å²) in [4.78, 5) is 24.2. The lowest BCUT2D eigenvalue weighted by atomic mass is 10.0. The Bertz CT molecular complexity index is 701. The fourth-order valence-electron chi connectivity index (χ4n) is 5.70. The van der Waals surface area contributed by atoms with Crippen molar-refractivity contribution in [1.29, 1.82) is 0 Å². The van der Waals surface area contributed by atoms with E-state index in [0.717, 1.165) is 51.4 Å². The van der Waals surface area contributed by atoms with Crippen molar-refractivity contribution in [1.82, 2.24) is 0 Å². The van der Waals surface area contributed by atoms with E-state index in [1.165, 1.54) is 128 Å². The molecule has 46 heavy (non-hydrogen) atoms. The molecule has 1 unspecified atom stereocenters. The van der Waals surface area contributed by atoms with Gasteiger partial charge < -0.3 is 14.6 Å². The van der Waals surface area contributed by atoms with Crippen molar-refractivity contribution in [3.8, 4) is 0 Å². The third-order valence-electron chi connectivity index (χ3n) is 8.75. The van der Waals surface area contributed by atoms with Crippen molar-refractivity contribution in [2.45, 2.75) is 213 Å². The Morgan fingerprint density at radius 2 is 0.870 bits per heavy atom. The zero-order chi connectivity index (χ0) is 33.6. The van der Waals surface area contributed by atoms with E-state index in [-0.39, 0.29) is 25.2 Å². The minimum Gasteiger partial charge on any atom is -0.462 e. The average molecular weight is 649 g/mol. The molecular weight excluding hydrogens is 572 g/mol. The number of ether oxygens (including phenoxy) is 2. The van der Waals surface area contributed by atoms with Crippen molar-refractivity contribution in [3.63, 3.8) is 0 Å². The van der Waals surface area contributed by atoms with Crippen molar-refractivity contribution >= 4 is 11.9 Å².